The number of aliphatic carboxylic acids is 1. The van der Waals surface area contributed by atoms with Crippen LogP contribution in [0.5, 0.6) is 5.75 Å². The average Bonchev–Trinajstić information content (AvgIpc) is 2.69. The molecule has 0 saturated heterocycles. The summed E-state index contributed by atoms with van der Waals surface area (Å²) in [4.78, 5) is 21.2. The molecule has 162 valence electrons. The second kappa shape index (κ2) is 10.1. The van der Waals surface area contributed by atoms with E-state index in [1.54, 1.807) is 7.11 Å². The highest BCUT2D eigenvalue weighted by atomic mass is 19.4. The van der Waals surface area contributed by atoms with Crippen LogP contribution in [0.2, 0.25) is 0 Å². The molecule has 2 aromatic carbocycles. The van der Waals surface area contributed by atoms with E-state index in [9.17, 15) is 18.0 Å². The number of carboxylic acid groups (broad SMARTS) is 1. The van der Waals surface area contributed by atoms with Gasteiger partial charge in [-0.2, -0.15) is 13.2 Å². The Morgan fingerprint density at radius 1 is 1.20 bits per heavy atom. The van der Waals surface area contributed by atoms with Gasteiger partial charge in [0.2, 0.25) is 5.91 Å². The zero-order valence-electron chi connectivity index (χ0n) is 16.6. The molecule has 6 nitrogen and oxygen atoms in total. The van der Waals surface area contributed by atoms with Crippen LogP contribution in [0.4, 0.5) is 18.9 Å². The average molecular weight is 424 g/mol. The molecule has 1 aliphatic rings. The van der Waals surface area contributed by atoms with E-state index >= 15 is 0 Å². The first-order valence-corrected chi connectivity index (χ1v) is 9.16. The van der Waals surface area contributed by atoms with Crippen LogP contribution in [0.25, 0.3) is 0 Å². The number of carboxylic acids is 1. The van der Waals surface area contributed by atoms with Gasteiger partial charge in [-0.05, 0) is 60.3 Å². The fourth-order valence-electron chi connectivity index (χ4n) is 3.01. The van der Waals surface area contributed by atoms with Gasteiger partial charge in [0.15, 0.2) is 0 Å². The number of methoxy groups -OCH3 is 1. The second-order valence-electron chi connectivity index (χ2n) is 6.68. The number of halogens is 3. The molecule has 0 unspecified atom stereocenters. The molecule has 0 atom stereocenters. The predicted octanol–water partition coefficient (Wildman–Crippen LogP) is 3.46. The Hall–Kier alpha value is -3.07. The molecule has 0 aliphatic carbocycles. The Bertz CT molecular complexity index is 914. The number of alkyl halides is 3. The molecule has 0 aromatic heterocycles. The molecule has 3 rings (SSSR count). The van der Waals surface area contributed by atoms with E-state index in [1.165, 1.54) is 11.1 Å². The van der Waals surface area contributed by atoms with Crippen LogP contribution in [-0.2, 0) is 29.0 Å². The molecule has 30 heavy (non-hydrogen) atoms. The van der Waals surface area contributed by atoms with E-state index in [2.05, 4.69) is 22.8 Å². The first-order valence-electron chi connectivity index (χ1n) is 9.16. The minimum atomic E-state index is -5.08. The Kier molecular flexibility index (Phi) is 7.82. The minimum Gasteiger partial charge on any atom is -0.496 e. The summed E-state index contributed by atoms with van der Waals surface area (Å²) in [6.07, 6.45) is -3.69. The number of fused-ring (bicyclic) bond motifs is 1. The van der Waals surface area contributed by atoms with Gasteiger partial charge in [0.05, 0.1) is 13.5 Å². The molecule has 0 radical (unpaired) electrons. The van der Waals surface area contributed by atoms with E-state index in [4.69, 9.17) is 14.6 Å². The van der Waals surface area contributed by atoms with E-state index in [1.807, 2.05) is 31.2 Å². The zero-order valence-corrected chi connectivity index (χ0v) is 16.6. The van der Waals surface area contributed by atoms with Crippen molar-refractivity contribution < 1.29 is 32.6 Å². The zero-order chi connectivity index (χ0) is 22.3. The highest BCUT2D eigenvalue weighted by Gasteiger charge is 2.38. The van der Waals surface area contributed by atoms with Crippen molar-refractivity contribution in [3.05, 3.63) is 58.7 Å². The SMILES string of the molecule is COc1cccc(CC(=O)Nc2ccc3c(c2)CNCC3)c1C.O=C(O)C(F)(F)F. The van der Waals surface area contributed by atoms with Gasteiger partial charge in [0.1, 0.15) is 5.75 Å². The molecule has 2 aromatic rings. The standard InChI is InChI=1S/C19H22N2O2.C2HF3O2/c1-13-15(4-3-5-18(13)23-2)11-19(22)21-17-7-6-14-8-9-20-12-16(14)10-17;3-2(4,5)1(6)7/h3-7,10,20H,8-9,11-12H2,1-2H3,(H,21,22);(H,6,7). The number of rotatable bonds is 4. The van der Waals surface area contributed by atoms with Crippen molar-refractivity contribution in [3.8, 4) is 5.75 Å². The van der Waals surface area contributed by atoms with Crippen LogP contribution in [0, 0.1) is 6.92 Å². The number of amides is 1. The van der Waals surface area contributed by atoms with Crippen LogP contribution in [0.3, 0.4) is 0 Å². The molecule has 3 N–H and O–H groups in total. The topological polar surface area (TPSA) is 87.7 Å². The van der Waals surface area contributed by atoms with E-state index in [-0.39, 0.29) is 5.91 Å². The quantitative estimate of drug-likeness (QED) is 0.700. The lowest BCUT2D eigenvalue weighted by Crippen LogP contribution is -2.24. The number of anilines is 1. The number of carbonyl (C=O) groups is 2. The van der Waals surface area contributed by atoms with Gasteiger partial charge in [-0.3, -0.25) is 4.79 Å². The Morgan fingerprint density at radius 3 is 2.53 bits per heavy atom. The van der Waals surface area contributed by atoms with Gasteiger partial charge >= 0.3 is 12.1 Å². The third kappa shape index (κ3) is 6.48. The number of ether oxygens (including phenoxy) is 1. The maximum Gasteiger partial charge on any atom is 0.490 e. The van der Waals surface area contributed by atoms with Crippen molar-refractivity contribution in [3.63, 3.8) is 0 Å². The van der Waals surface area contributed by atoms with Crippen molar-refractivity contribution in [1.29, 1.82) is 0 Å². The number of hydrogen-bond donors (Lipinski definition) is 3. The molecule has 0 fully saturated rings. The molecule has 9 heteroatoms. The highest BCUT2D eigenvalue weighted by Crippen LogP contribution is 2.22. The fourth-order valence-corrected chi connectivity index (χ4v) is 3.01. The van der Waals surface area contributed by atoms with Gasteiger partial charge in [0.25, 0.3) is 0 Å². The van der Waals surface area contributed by atoms with Crippen LogP contribution in [0.1, 0.15) is 22.3 Å². The number of hydrogen-bond acceptors (Lipinski definition) is 4. The number of nitrogens with one attached hydrogen (secondary N) is 2. The van der Waals surface area contributed by atoms with Gasteiger partial charge in [-0.1, -0.05) is 18.2 Å². The molecular formula is C21H23F3N2O4. The maximum atomic E-state index is 12.3. The fraction of sp³-hybridized carbons (Fsp3) is 0.333. The number of benzene rings is 2. The summed E-state index contributed by atoms with van der Waals surface area (Å²) in [5, 5.41) is 13.5. The van der Waals surface area contributed by atoms with Crippen molar-refractivity contribution >= 4 is 17.6 Å². The molecule has 1 amide bonds. The Labute approximate surface area is 172 Å². The van der Waals surface area contributed by atoms with Crippen LogP contribution >= 0.6 is 0 Å². The first-order chi connectivity index (χ1) is 14.1. The van der Waals surface area contributed by atoms with Gasteiger partial charge in [-0.25, -0.2) is 4.79 Å². The third-order valence-corrected chi connectivity index (χ3v) is 4.59. The lowest BCUT2D eigenvalue weighted by atomic mass is 10.0. The van der Waals surface area contributed by atoms with Crippen LogP contribution in [0.15, 0.2) is 36.4 Å². The molecule has 0 spiro atoms. The van der Waals surface area contributed by atoms with E-state index < -0.39 is 12.1 Å². The smallest absolute Gasteiger partial charge is 0.490 e. The van der Waals surface area contributed by atoms with Gasteiger partial charge in [-0.15, -0.1) is 0 Å². The summed E-state index contributed by atoms with van der Waals surface area (Å²) >= 11 is 0. The summed E-state index contributed by atoms with van der Waals surface area (Å²) < 4.78 is 37.0. The van der Waals surface area contributed by atoms with Crippen molar-refractivity contribution in [2.24, 2.45) is 0 Å². The third-order valence-electron chi connectivity index (χ3n) is 4.59. The molecular weight excluding hydrogens is 401 g/mol. The predicted molar refractivity (Wildman–Crippen MR) is 106 cm³/mol. The Morgan fingerprint density at radius 2 is 1.90 bits per heavy atom. The lowest BCUT2D eigenvalue weighted by Gasteiger charge is -2.18. The summed E-state index contributed by atoms with van der Waals surface area (Å²) in [6.45, 7) is 3.87. The van der Waals surface area contributed by atoms with Crippen LogP contribution in [-0.4, -0.2) is 36.8 Å². The summed E-state index contributed by atoms with van der Waals surface area (Å²) in [6, 6.07) is 12.0. The highest BCUT2D eigenvalue weighted by molar-refractivity contribution is 5.92. The van der Waals surface area contributed by atoms with Crippen molar-refractivity contribution in [1.82, 2.24) is 5.32 Å². The second-order valence-corrected chi connectivity index (χ2v) is 6.68. The molecule has 1 aliphatic heterocycles. The number of carbonyl (C=O) groups excluding carboxylic acids is 1. The largest absolute Gasteiger partial charge is 0.496 e. The first kappa shape index (κ1) is 23.2. The van der Waals surface area contributed by atoms with Gasteiger partial charge < -0.3 is 20.5 Å². The lowest BCUT2D eigenvalue weighted by molar-refractivity contribution is -0.192. The molecule has 0 bridgehead atoms. The summed E-state index contributed by atoms with van der Waals surface area (Å²) in [5.41, 5.74) is 5.50. The van der Waals surface area contributed by atoms with Crippen molar-refractivity contribution in [2.45, 2.75) is 32.5 Å². The maximum absolute atomic E-state index is 12.3. The minimum absolute atomic E-state index is 0.00919. The molecule has 1 heterocycles. The van der Waals surface area contributed by atoms with E-state index in [0.29, 0.717) is 6.42 Å². The normalized spacial score (nSPS) is 12.8. The monoisotopic (exact) mass is 424 g/mol. The van der Waals surface area contributed by atoms with Crippen LogP contribution < -0.4 is 15.4 Å². The summed E-state index contributed by atoms with van der Waals surface area (Å²) in [5.74, 6) is -1.95. The van der Waals surface area contributed by atoms with E-state index in [0.717, 1.165) is 42.1 Å². The van der Waals surface area contributed by atoms with Gasteiger partial charge in [0, 0.05) is 12.2 Å². The Balaban J connectivity index is 0.000000396. The van der Waals surface area contributed by atoms with Crippen molar-refractivity contribution in [2.75, 3.05) is 19.0 Å². The summed E-state index contributed by atoms with van der Waals surface area (Å²) in [7, 11) is 1.65. The molecule has 0 saturated carbocycles.